The molecule has 1 aromatic heterocycles. The van der Waals surface area contributed by atoms with E-state index in [-0.39, 0.29) is 5.41 Å². The Morgan fingerprint density at radius 3 is 2.73 bits per heavy atom. The van der Waals surface area contributed by atoms with E-state index in [1.54, 1.807) is 6.07 Å². The lowest BCUT2D eigenvalue weighted by Crippen LogP contribution is -2.18. The van der Waals surface area contributed by atoms with Crippen molar-refractivity contribution < 1.29 is 4.74 Å². The summed E-state index contributed by atoms with van der Waals surface area (Å²) in [6.45, 7) is 9.26. The van der Waals surface area contributed by atoms with Crippen molar-refractivity contribution in [3.8, 4) is 10.9 Å². The SMILES string of the molecule is Cc1cc(/N=C\N(C)CC2CC2)c(Cl)cc1Oc1nc(C(C)(C)C)ns1. The molecule has 1 aliphatic carbocycles. The van der Waals surface area contributed by atoms with Gasteiger partial charge in [-0.3, -0.25) is 0 Å². The van der Waals surface area contributed by atoms with Crippen LogP contribution < -0.4 is 4.74 Å². The van der Waals surface area contributed by atoms with Crippen LogP contribution in [0.25, 0.3) is 0 Å². The van der Waals surface area contributed by atoms with Crippen molar-refractivity contribution >= 4 is 35.2 Å². The molecule has 0 amide bonds. The van der Waals surface area contributed by atoms with E-state index in [4.69, 9.17) is 16.3 Å². The second-order valence-corrected chi connectivity index (χ2v) is 9.05. The lowest BCUT2D eigenvalue weighted by Gasteiger charge is -2.13. The largest absolute Gasteiger partial charge is 0.430 e. The summed E-state index contributed by atoms with van der Waals surface area (Å²) in [7, 11) is 2.04. The molecule has 0 unspecified atom stereocenters. The fourth-order valence-corrected chi connectivity index (χ4v) is 3.36. The Bertz CT molecular complexity index is 808. The number of ether oxygens (including phenoxy) is 1. The maximum atomic E-state index is 6.40. The van der Waals surface area contributed by atoms with Gasteiger partial charge in [0.25, 0.3) is 5.19 Å². The van der Waals surface area contributed by atoms with Crippen LogP contribution in [0.15, 0.2) is 17.1 Å². The van der Waals surface area contributed by atoms with E-state index in [9.17, 15) is 0 Å². The highest BCUT2D eigenvalue weighted by molar-refractivity contribution is 7.07. The molecule has 1 saturated carbocycles. The molecule has 1 fully saturated rings. The molecule has 0 saturated heterocycles. The van der Waals surface area contributed by atoms with Crippen molar-refractivity contribution in [3.05, 3.63) is 28.5 Å². The van der Waals surface area contributed by atoms with E-state index in [1.165, 1.54) is 24.4 Å². The fraction of sp³-hybridized carbons (Fsp3) is 0.526. The van der Waals surface area contributed by atoms with Crippen LogP contribution in [0.2, 0.25) is 5.02 Å². The summed E-state index contributed by atoms with van der Waals surface area (Å²) in [6, 6.07) is 3.73. The first-order valence-corrected chi connectivity index (χ1v) is 9.94. The van der Waals surface area contributed by atoms with E-state index in [2.05, 4.69) is 40.0 Å². The molecule has 2 aromatic rings. The highest BCUT2D eigenvalue weighted by atomic mass is 35.5. The molecule has 0 spiro atoms. The first kappa shape index (κ1) is 19.1. The van der Waals surface area contributed by atoms with E-state index < -0.39 is 0 Å². The molecule has 1 heterocycles. The molecule has 3 rings (SSSR count). The Balaban J connectivity index is 1.72. The number of aromatic nitrogens is 2. The summed E-state index contributed by atoms with van der Waals surface area (Å²) in [5, 5.41) is 1.08. The van der Waals surface area contributed by atoms with Crippen LogP contribution in [0.5, 0.6) is 10.9 Å². The Labute approximate surface area is 164 Å². The van der Waals surface area contributed by atoms with Gasteiger partial charge in [0.05, 0.1) is 17.0 Å². The van der Waals surface area contributed by atoms with Gasteiger partial charge in [-0.2, -0.15) is 9.36 Å². The zero-order chi connectivity index (χ0) is 18.9. The van der Waals surface area contributed by atoms with E-state index >= 15 is 0 Å². The molecule has 5 nitrogen and oxygen atoms in total. The van der Waals surface area contributed by atoms with Gasteiger partial charge in [-0.15, -0.1) is 0 Å². The summed E-state index contributed by atoms with van der Waals surface area (Å²) in [4.78, 5) is 11.1. The van der Waals surface area contributed by atoms with Crippen molar-refractivity contribution in [2.75, 3.05) is 13.6 Å². The minimum absolute atomic E-state index is 0.101. The molecule has 26 heavy (non-hydrogen) atoms. The van der Waals surface area contributed by atoms with Gasteiger partial charge in [0.2, 0.25) is 0 Å². The molecular formula is C19H25ClN4OS. The standard InChI is InChI=1S/C19H25ClN4OS/c1-12-8-15(21-11-24(5)10-13-6-7-13)14(20)9-16(12)25-18-22-17(23-26-18)19(2,3)4/h8-9,11,13H,6-7,10H2,1-5H3/b21-11-. The zero-order valence-electron chi connectivity index (χ0n) is 15.9. The lowest BCUT2D eigenvalue weighted by atomic mass is 9.96. The van der Waals surface area contributed by atoms with Gasteiger partial charge >= 0.3 is 0 Å². The Morgan fingerprint density at radius 1 is 1.38 bits per heavy atom. The van der Waals surface area contributed by atoms with Gasteiger partial charge in [-0.1, -0.05) is 32.4 Å². The number of hydrogen-bond acceptors (Lipinski definition) is 5. The third-order valence-corrected chi connectivity index (χ3v) is 5.05. The van der Waals surface area contributed by atoms with Crippen molar-refractivity contribution in [2.24, 2.45) is 10.9 Å². The molecule has 7 heteroatoms. The first-order chi connectivity index (χ1) is 12.2. The Morgan fingerprint density at radius 2 is 2.12 bits per heavy atom. The second kappa shape index (κ2) is 7.53. The number of aliphatic imine (C=N–C) groups is 1. The van der Waals surface area contributed by atoms with Gasteiger partial charge in [0.1, 0.15) is 5.75 Å². The van der Waals surface area contributed by atoms with E-state index in [0.29, 0.717) is 16.0 Å². The molecule has 0 bridgehead atoms. The average Bonchev–Trinajstić information content (AvgIpc) is 3.22. The van der Waals surface area contributed by atoms with Crippen molar-refractivity contribution in [1.29, 1.82) is 0 Å². The smallest absolute Gasteiger partial charge is 0.298 e. The summed E-state index contributed by atoms with van der Waals surface area (Å²) in [5.74, 6) is 2.28. The van der Waals surface area contributed by atoms with Crippen LogP contribution in [0.3, 0.4) is 0 Å². The van der Waals surface area contributed by atoms with Gasteiger partial charge in [-0.25, -0.2) is 4.99 Å². The number of aryl methyl sites for hydroxylation is 1. The predicted octanol–water partition coefficient (Wildman–Crippen LogP) is 5.59. The van der Waals surface area contributed by atoms with Crippen LogP contribution in [0, 0.1) is 12.8 Å². The summed E-state index contributed by atoms with van der Waals surface area (Å²) in [6.07, 6.45) is 4.50. The Kier molecular flexibility index (Phi) is 5.53. The van der Waals surface area contributed by atoms with Crippen LogP contribution in [-0.4, -0.2) is 34.2 Å². The number of benzene rings is 1. The molecule has 1 aromatic carbocycles. The molecule has 1 aliphatic rings. The fourth-order valence-electron chi connectivity index (χ4n) is 2.42. The third-order valence-electron chi connectivity index (χ3n) is 4.16. The van der Waals surface area contributed by atoms with Crippen LogP contribution in [0.4, 0.5) is 5.69 Å². The van der Waals surface area contributed by atoms with Gasteiger partial charge in [0.15, 0.2) is 5.82 Å². The van der Waals surface area contributed by atoms with E-state index in [0.717, 1.165) is 29.5 Å². The van der Waals surface area contributed by atoms with Gasteiger partial charge in [0, 0.05) is 36.6 Å². The average molecular weight is 393 g/mol. The summed E-state index contributed by atoms with van der Waals surface area (Å²) >= 11 is 7.66. The first-order valence-electron chi connectivity index (χ1n) is 8.79. The maximum absolute atomic E-state index is 6.40. The lowest BCUT2D eigenvalue weighted by molar-refractivity contribution is 0.465. The number of halogens is 1. The van der Waals surface area contributed by atoms with Crippen molar-refractivity contribution in [1.82, 2.24) is 14.3 Å². The molecule has 140 valence electrons. The monoisotopic (exact) mass is 392 g/mol. The minimum atomic E-state index is -0.101. The number of hydrogen-bond donors (Lipinski definition) is 0. The van der Waals surface area contributed by atoms with Crippen molar-refractivity contribution in [2.45, 2.75) is 46.0 Å². The topological polar surface area (TPSA) is 50.6 Å². The molecular weight excluding hydrogens is 368 g/mol. The Hall–Kier alpha value is -1.66. The van der Waals surface area contributed by atoms with E-state index in [1.807, 2.05) is 26.4 Å². The molecule has 0 N–H and O–H groups in total. The molecule has 0 aliphatic heterocycles. The summed E-state index contributed by atoms with van der Waals surface area (Å²) in [5.41, 5.74) is 1.60. The van der Waals surface area contributed by atoms with Crippen LogP contribution >= 0.6 is 23.1 Å². The number of nitrogens with zero attached hydrogens (tertiary/aromatic N) is 4. The van der Waals surface area contributed by atoms with Crippen LogP contribution in [0.1, 0.15) is 45.0 Å². The van der Waals surface area contributed by atoms with Gasteiger partial charge < -0.3 is 9.64 Å². The van der Waals surface area contributed by atoms with Crippen LogP contribution in [-0.2, 0) is 5.41 Å². The molecule has 0 radical (unpaired) electrons. The highest BCUT2D eigenvalue weighted by Crippen LogP contribution is 2.36. The maximum Gasteiger partial charge on any atom is 0.298 e. The van der Waals surface area contributed by atoms with Gasteiger partial charge in [-0.05, 0) is 37.3 Å². The normalized spacial score (nSPS) is 14.8. The number of rotatable bonds is 6. The third kappa shape index (κ3) is 4.95. The van der Waals surface area contributed by atoms with Crippen molar-refractivity contribution in [3.63, 3.8) is 0 Å². The quantitative estimate of drug-likeness (QED) is 0.474. The summed E-state index contributed by atoms with van der Waals surface area (Å²) < 4.78 is 10.3. The second-order valence-electron chi connectivity index (χ2n) is 7.93. The molecule has 0 atom stereocenters. The minimum Gasteiger partial charge on any atom is -0.430 e. The highest BCUT2D eigenvalue weighted by Gasteiger charge is 2.22. The zero-order valence-corrected chi connectivity index (χ0v) is 17.5. The predicted molar refractivity (Wildman–Crippen MR) is 108 cm³/mol.